The normalized spacial score (nSPS) is 13.2. The Morgan fingerprint density at radius 2 is 2.06 bits per heavy atom. The Kier molecular flexibility index (Phi) is 4.57. The molecule has 0 aliphatic heterocycles. The first-order chi connectivity index (χ1) is 7.33. The second-order valence-corrected chi connectivity index (χ2v) is 10.2. The highest BCUT2D eigenvalue weighted by molar-refractivity contribution is 9.10. The van der Waals surface area contributed by atoms with E-state index in [0.29, 0.717) is 5.02 Å². The predicted molar refractivity (Wildman–Crippen MR) is 71.9 cm³/mol. The molecule has 1 atom stereocenters. The quantitative estimate of drug-likeness (QED) is 0.768. The van der Waals surface area contributed by atoms with E-state index < -0.39 is 14.4 Å². The molecule has 0 aliphatic carbocycles. The molecule has 0 heterocycles. The summed E-state index contributed by atoms with van der Waals surface area (Å²) in [5.41, 5.74) is 0.789. The number of rotatable bonds is 3. The Morgan fingerprint density at radius 1 is 1.44 bits per heavy atom. The summed E-state index contributed by atoms with van der Waals surface area (Å²) < 4.78 is 6.65. The maximum Gasteiger partial charge on any atom is 0.186 e. The molecule has 0 spiro atoms. The van der Waals surface area contributed by atoms with E-state index >= 15 is 0 Å². The summed E-state index contributed by atoms with van der Waals surface area (Å²) in [6, 6.07) is 7.54. The van der Waals surface area contributed by atoms with Gasteiger partial charge in [-0.3, -0.25) is 0 Å². The van der Waals surface area contributed by atoms with Crippen LogP contribution in [0.4, 0.5) is 0 Å². The summed E-state index contributed by atoms with van der Waals surface area (Å²) in [5.74, 6) is 0. The van der Waals surface area contributed by atoms with Crippen molar-refractivity contribution in [3.05, 3.63) is 33.3 Å². The van der Waals surface area contributed by atoms with E-state index in [1.54, 1.807) is 12.1 Å². The molecule has 0 amide bonds. The van der Waals surface area contributed by atoms with E-state index in [2.05, 4.69) is 41.6 Å². The summed E-state index contributed by atoms with van der Waals surface area (Å²) in [7, 11) is -1.75. The monoisotopic (exact) mass is 317 g/mol. The van der Waals surface area contributed by atoms with Crippen LogP contribution in [-0.2, 0) is 4.43 Å². The summed E-state index contributed by atoms with van der Waals surface area (Å²) >= 11 is 9.32. The van der Waals surface area contributed by atoms with Gasteiger partial charge in [-0.05, 0) is 37.8 Å². The Labute approximate surface area is 110 Å². The molecular weight excluding hydrogens is 306 g/mol. The van der Waals surface area contributed by atoms with Gasteiger partial charge in [0.15, 0.2) is 14.4 Å². The molecule has 0 fully saturated rings. The number of hydrogen-bond donors (Lipinski definition) is 0. The second kappa shape index (κ2) is 5.33. The first kappa shape index (κ1) is 13.7. The van der Waals surface area contributed by atoms with Gasteiger partial charge in [0, 0.05) is 15.1 Å². The second-order valence-electron chi connectivity index (χ2n) is 4.41. The van der Waals surface area contributed by atoms with Gasteiger partial charge in [-0.1, -0.05) is 27.5 Å². The van der Waals surface area contributed by atoms with E-state index in [-0.39, 0.29) is 0 Å². The lowest BCUT2D eigenvalue weighted by Crippen LogP contribution is -2.27. The van der Waals surface area contributed by atoms with Crippen LogP contribution in [0.2, 0.25) is 24.7 Å². The van der Waals surface area contributed by atoms with E-state index in [0.717, 1.165) is 10.0 Å². The van der Waals surface area contributed by atoms with Crippen LogP contribution < -0.4 is 0 Å². The summed E-state index contributed by atoms with van der Waals surface area (Å²) in [6.07, 6.45) is -0.556. The van der Waals surface area contributed by atoms with Crippen LogP contribution >= 0.6 is 27.5 Å². The zero-order valence-corrected chi connectivity index (χ0v) is 12.8. The fourth-order valence-electron chi connectivity index (χ4n) is 1.23. The third-order valence-corrected chi connectivity index (χ3v) is 3.73. The molecule has 1 unspecified atom stereocenters. The molecule has 0 saturated heterocycles. The van der Waals surface area contributed by atoms with Gasteiger partial charge in [-0.2, -0.15) is 5.26 Å². The summed E-state index contributed by atoms with van der Waals surface area (Å²) in [5, 5.41) is 9.75. The van der Waals surface area contributed by atoms with Crippen molar-refractivity contribution < 1.29 is 4.43 Å². The van der Waals surface area contributed by atoms with Crippen molar-refractivity contribution >= 4 is 35.8 Å². The lowest BCUT2D eigenvalue weighted by atomic mass is 10.1. The molecule has 0 radical (unpaired) electrons. The van der Waals surface area contributed by atoms with Gasteiger partial charge in [0.25, 0.3) is 0 Å². The van der Waals surface area contributed by atoms with Crippen LogP contribution in [0, 0.1) is 11.3 Å². The first-order valence-electron chi connectivity index (χ1n) is 4.86. The highest BCUT2D eigenvalue weighted by atomic mass is 79.9. The summed E-state index contributed by atoms with van der Waals surface area (Å²) in [4.78, 5) is 0. The van der Waals surface area contributed by atoms with Crippen LogP contribution in [0.25, 0.3) is 0 Å². The van der Waals surface area contributed by atoms with Gasteiger partial charge in [0.1, 0.15) is 0 Å². The molecule has 1 rings (SSSR count). The number of nitrogens with zero attached hydrogens (tertiary/aromatic N) is 1. The standard InChI is InChI=1S/C11H13BrClNOSi/c1-16(2,3)15-11(7-14)9-6-8(13)4-5-10(9)12/h4-6,11H,1-3H3. The summed E-state index contributed by atoms with van der Waals surface area (Å²) in [6.45, 7) is 6.15. The van der Waals surface area contributed by atoms with Crippen molar-refractivity contribution in [3.8, 4) is 6.07 Å². The Balaban J connectivity index is 3.05. The minimum absolute atomic E-state index is 0.556. The highest BCUT2D eigenvalue weighted by Gasteiger charge is 2.23. The molecule has 1 aromatic rings. The fourth-order valence-corrected chi connectivity index (χ4v) is 2.75. The van der Waals surface area contributed by atoms with Crippen molar-refractivity contribution in [1.29, 1.82) is 5.26 Å². The predicted octanol–water partition coefficient (Wildman–Crippen LogP) is 4.52. The van der Waals surface area contributed by atoms with Gasteiger partial charge in [-0.15, -0.1) is 0 Å². The molecule has 16 heavy (non-hydrogen) atoms. The van der Waals surface area contributed by atoms with E-state index in [1.807, 2.05) is 6.07 Å². The molecule has 0 saturated carbocycles. The van der Waals surface area contributed by atoms with Crippen LogP contribution in [0.5, 0.6) is 0 Å². The topological polar surface area (TPSA) is 33.0 Å². The smallest absolute Gasteiger partial charge is 0.186 e. The SMILES string of the molecule is C[Si](C)(C)OC(C#N)c1cc(Cl)ccc1Br. The van der Waals surface area contributed by atoms with E-state index in [1.165, 1.54) is 0 Å². The lowest BCUT2D eigenvalue weighted by molar-refractivity contribution is 0.254. The van der Waals surface area contributed by atoms with Gasteiger partial charge in [0.2, 0.25) is 0 Å². The molecule has 2 nitrogen and oxygen atoms in total. The zero-order chi connectivity index (χ0) is 12.3. The molecule has 0 aromatic heterocycles. The molecule has 5 heteroatoms. The minimum Gasteiger partial charge on any atom is -0.399 e. The Bertz CT molecular complexity index is 425. The molecule has 0 N–H and O–H groups in total. The maximum absolute atomic E-state index is 9.14. The van der Waals surface area contributed by atoms with Crippen LogP contribution in [-0.4, -0.2) is 8.32 Å². The third kappa shape index (κ3) is 3.91. The van der Waals surface area contributed by atoms with Gasteiger partial charge in [0.05, 0.1) is 6.07 Å². The lowest BCUT2D eigenvalue weighted by Gasteiger charge is -2.22. The highest BCUT2D eigenvalue weighted by Crippen LogP contribution is 2.30. The first-order valence-corrected chi connectivity index (χ1v) is 9.44. The number of benzene rings is 1. The van der Waals surface area contributed by atoms with Crippen molar-refractivity contribution in [2.45, 2.75) is 25.7 Å². The molecular formula is C11H13BrClNOSi. The largest absolute Gasteiger partial charge is 0.399 e. The average molecular weight is 319 g/mol. The maximum atomic E-state index is 9.14. The van der Waals surface area contributed by atoms with Crippen LogP contribution in [0.3, 0.4) is 0 Å². The van der Waals surface area contributed by atoms with Crippen LogP contribution in [0.1, 0.15) is 11.7 Å². The van der Waals surface area contributed by atoms with Gasteiger partial charge >= 0.3 is 0 Å². The zero-order valence-electron chi connectivity index (χ0n) is 9.42. The number of hydrogen-bond acceptors (Lipinski definition) is 2. The van der Waals surface area contributed by atoms with Crippen molar-refractivity contribution in [1.82, 2.24) is 0 Å². The van der Waals surface area contributed by atoms with Crippen molar-refractivity contribution in [3.63, 3.8) is 0 Å². The number of nitriles is 1. The molecule has 86 valence electrons. The third-order valence-electron chi connectivity index (χ3n) is 1.83. The molecule has 0 aliphatic rings. The van der Waals surface area contributed by atoms with E-state index in [9.17, 15) is 0 Å². The van der Waals surface area contributed by atoms with Gasteiger partial charge < -0.3 is 4.43 Å². The Morgan fingerprint density at radius 3 is 2.56 bits per heavy atom. The minimum atomic E-state index is -1.75. The van der Waals surface area contributed by atoms with Crippen molar-refractivity contribution in [2.75, 3.05) is 0 Å². The fraction of sp³-hybridized carbons (Fsp3) is 0.364. The number of halogens is 2. The van der Waals surface area contributed by atoms with E-state index in [4.69, 9.17) is 21.3 Å². The Hall–Kier alpha value is -0.343. The molecule has 0 bridgehead atoms. The van der Waals surface area contributed by atoms with Crippen LogP contribution in [0.15, 0.2) is 22.7 Å². The van der Waals surface area contributed by atoms with Gasteiger partial charge in [-0.25, -0.2) is 0 Å². The van der Waals surface area contributed by atoms with Crippen molar-refractivity contribution in [2.24, 2.45) is 0 Å². The molecule has 1 aromatic carbocycles. The average Bonchev–Trinajstić information content (AvgIpc) is 2.17.